The Balaban J connectivity index is 2.29. The molecule has 0 saturated carbocycles. The Labute approximate surface area is 100 Å². The van der Waals surface area contributed by atoms with Gasteiger partial charge in [0.2, 0.25) is 0 Å². The minimum Gasteiger partial charge on any atom is -0.395 e. The molecule has 3 atom stereocenters. The van der Waals surface area contributed by atoms with Crippen LogP contribution in [-0.2, 0) is 0 Å². The van der Waals surface area contributed by atoms with Gasteiger partial charge in [0.15, 0.2) is 0 Å². The Morgan fingerprint density at radius 1 is 1.44 bits per heavy atom. The highest BCUT2D eigenvalue weighted by atomic mass is 16.3. The Hall–Kier alpha value is -0.120. The smallest absolute Gasteiger partial charge is 0.0585 e. The fraction of sp³-hybridized carbons (Fsp3) is 1.00. The zero-order chi connectivity index (χ0) is 12.0. The van der Waals surface area contributed by atoms with E-state index in [9.17, 15) is 5.11 Å². The summed E-state index contributed by atoms with van der Waals surface area (Å²) in [7, 11) is 0. The van der Waals surface area contributed by atoms with Gasteiger partial charge in [-0.25, -0.2) is 0 Å². The standard InChI is InChI=1S/C13H28N2O/c1-4-14-13(10-16)7-9-15-8-5-6-11(2)12(15)3/h11-14,16H,4-10H2,1-3H3. The minimum atomic E-state index is 0.256. The van der Waals surface area contributed by atoms with Crippen LogP contribution in [0, 0.1) is 5.92 Å². The van der Waals surface area contributed by atoms with Crippen LogP contribution in [-0.4, -0.2) is 48.3 Å². The second-order valence-electron chi connectivity index (χ2n) is 5.12. The second-order valence-corrected chi connectivity index (χ2v) is 5.12. The van der Waals surface area contributed by atoms with E-state index >= 15 is 0 Å². The molecule has 2 N–H and O–H groups in total. The molecule has 1 rings (SSSR count). The van der Waals surface area contributed by atoms with Gasteiger partial charge in [0.05, 0.1) is 6.61 Å². The van der Waals surface area contributed by atoms with Gasteiger partial charge in [-0.3, -0.25) is 0 Å². The van der Waals surface area contributed by atoms with Crippen LogP contribution in [0.3, 0.4) is 0 Å². The van der Waals surface area contributed by atoms with E-state index in [1.807, 2.05) is 0 Å². The quantitative estimate of drug-likeness (QED) is 0.722. The summed E-state index contributed by atoms with van der Waals surface area (Å²) in [5.74, 6) is 0.820. The molecule has 3 heteroatoms. The Morgan fingerprint density at radius 3 is 2.81 bits per heavy atom. The third-order valence-electron chi connectivity index (χ3n) is 3.98. The number of aliphatic hydroxyl groups is 1. The van der Waals surface area contributed by atoms with Gasteiger partial charge in [0, 0.05) is 12.1 Å². The van der Waals surface area contributed by atoms with Crippen molar-refractivity contribution in [2.45, 2.75) is 52.1 Å². The molecule has 1 saturated heterocycles. The summed E-state index contributed by atoms with van der Waals surface area (Å²) < 4.78 is 0. The fourth-order valence-corrected chi connectivity index (χ4v) is 2.60. The van der Waals surface area contributed by atoms with Crippen molar-refractivity contribution in [3.63, 3.8) is 0 Å². The van der Waals surface area contributed by atoms with Crippen molar-refractivity contribution in [1.82, 2.24) is 10.2 Å². The Morgan fingerprint density at radius 2 is 2.19 bits per heavy atom. The highest BCUT2D eigenvalue weighted by molar-refractivity contribution is 4.79. The maximum atomic E-state index is 9.22. The molecule has 0 spiro atoms. The largest absolute Gasteiger partial charge is 0.395 e. The van der Waals surface area contributed by atoms with E-state index in [1.165, 1.54) is 19.4 Å². The number of likely N-dealkylation sites (tertiary alicyclic amines) is 1. The van der Waals surface area contributed by atoms with Crippen LogP contribution in [0.2, 0.25) is 0 Å². The fourth-order valence-electron chi connectivity index (χ4n) is 2.60. The lowest BCUT2D eigenvalue weighted by atomic mass is 9.92. The first-order valence-electron chi connectivity index (χ1n) is 6.77. The average Bonchev–Trinajstić information content (AvgIpc) is 2.29. The number of piperidine rings is 1. The number of rotatable bonds is 6. The molecule has 0 amide bonds. The zero-order valence-corrected chi connectivity index (χ0v) is 11.1. The van der Waals surface area contributed by atoms with Crippen molar-refractivity contribution >= 4 is 0 Å². The summed E-state index contributed by atoms with van der Waals surface area (Å²) in [4.78, 5) is 2.58. The number of nitrogens with one attached hydrogen (secondary N) is 1. The topological polar surface area (TPSA) is 35.5 Å². The van der Waals surface area contributed by atoms with E-state index in [0.717, 1.165) is 25.4 Å². The molecule has 0 bridgehead atoms. The molecule has 1 aliphatic rings. The number of aliphatic hydroxyl groups excluding tert-OH is 1. The van der Waals surface area contributed by atoms with Gasteiger partial charge >= 0.3 is 0 Å². The number of hydrogen-bond donors (Lipinski definition) is 2. The van der Waals surface area contributed by atoms with E-state index < -0.39 is 0 Å². The molecule has 3 unspecified atom stereocenters. The Bertz CT molecular complexity index is 187. The van der Waals surface area contributed by atoms with Crippen molar-refractivity contribution in [2.24, 2.45) is 5.92 Å². The van der Waals surface area contributed by atoms with Gasteiger partial charge < -0.3 is 15.3 Å². The molecular weight excluding hydrogens is 200 g/mol. The lowest BCUT2D eigenvalue weighted by molar-refractivity contribution is 0.104. The summed E-state index contributed by atoms with van der Waals surface area (Å²) in [5, 5.41) is 12.5. The maximum absolute atomic E-state index is 9.22. The van der Waals surface area contributed by atoms with Gasteiger partial charge in [-0.2, -0.15) is 0 Å². The van der Waals surface area contributed by atoms with Gasteiger partial charge in [-0.15, -0.1) is 0 Å². The minimum absolute atomic E-state index is 0.256. The third-order valence-corrected chi connectivity index (χ3v) is 3.98. The summed E-state index contributed by atoms with van der Waals surface area (Å²) in [6, 6.07) is 0.976. The second kappa shape index (κ2) is 7.25. The molecule has 0 aromatic heterocycles. The van der Waals surface area contributed by atoms with Gasteiger partial charge in [-0.05, 0) is 51.7 Å². The van der Waals surface area contributed by atoms with Crippen LogP contribution in [0.15, 0.2) is 0 Å². The van der Waals surface area contributed by atoms with E-state index in [2.05, 4.69) is 31.0 Å². The lowest BCUT2D eigenvalue weighted by Gasteiger charge is -2.38. The van der Waals surface area contributed by atoms with Crippen molar-refractivity contribution in [2.75, 3.05) is 26.2 Å². The molecular formula is C13H28N2O. The number of nitrogens with zero attached hydrogens (tertiary/aromatic N) is 1. The zero-order valence-electron chi connectivity index (χ0n) is 11.1. The van der Waals surface area contributed by atoms with Crippen molar-refractivity contribution in [1.29, 1.82) is 0 Å². The Kier molecular flexibility index (Phi) is 6.32. The van der Waals surface area contributed by atoms with E-state index in [-0.39, 0.29) is 12.6 Å². The predicted molar refractivity (Wildman–Crippen MR) is 68.6 cm³/mol. The molecule has 16 heavy (non-hydrogen) atoms. The monoisotopic (exact) mass is 228 g/mol. The molecule has 0 radical (unpaired) electrons. The van der Waals surface area contributed by atoms with E-state index in [4.69, 9.17) is 0 Å². The van der Waals surface area contributed by atoms with Gasteiger partial charge in [0.25, 0.3) is 0 Å². The molecule has 0 aromatic carbocycles. The van der Waals surface area contributed by atoms with Gasteiger partial charge in [-0.1, -0.05) is 13.8 Å². The first-order chi connectivity index (χ1) is 7.69. The highest BCUT2D eigenvalue weighted by Crippen LogP contribution is 2.22. The van der Waals surface area contributed by atoms with Crippen LogP contribution in [0.25, 0.3) is 0 Å². The predicted octanol–water partition coefficient (Wildman–Crippen LogP) is 1.47. The van der Waals surface area contributed by atoms with Crippen molar-refractivity contribution < 1.29 is 5.11 Å². The average molecular weight is 228 g/mol. The first kappa shape index (κ1) is 13.9. The van der Waals surface area contributed by atoms with Crippen LogP contribution in [0.5, 0.6) is 0 Å². The maximum Gasteiger partial charge on any atom is 0.0585 e. The summed E-state index contributed by atoms with van der Waals surface area (Å²) in [5.41, 5.74) is 0. The summed E-state index contributed by atoms with van der Waals surface area (Å²) in [6.45, 7) is 10.3. The molecule has 0 aromatic rings. The lowest BCUT2D eigenvalue weighted by Crippen LogP contribution is -2.45. The molecule has 96 valence electrons. The highest BCUT2D eigenvalue weighted by Gasteiger charge is 2.24. The first-order valence-corrected chi connectivity index (χ1v) is 6.77. The van der Waals surface area contributed by atoms with Crippen molar-refractivity contribution in [3.05, 3.63) is 0 Å². The van der Waals surface area contributed by atoms with Crippen molar-refractivity contribution in [3.8, 4) is 0 Å². The SMILES string of the molecule is CCNC(CO)CCN1CCCC(C)C1C. The van der Waals surface area contributed by atoms with Crippen LogP contribution in [0.1, 0.15) is 40.0 Å². The normalized spacial score (nSPS) is 29.2. The van der Waals surface area contributed by atoms with E-state index in [0.29, 0.717) is 6.04 Å². The van der Waals surface area contributed by atoms with Crippen LogP contribution < -0.4 is 5.32 Å². The van der Waals surface area contributed by atoms with Crippen LogP contribution in [0.4, 0.5) is 0 Å². The number of hydrogen-bond acceptors (Lipinski definition) is 3. The molecule has 3 nitrogen and oxygen atoms in total. The van der Waals surface area contributed by atoms with E-state index in [1.54, 1.807) is 0 Å². The molecule has 1 heterocycles. The summed E-state index contributed by atoms with van der Waals surface area (Å²) in [6.07, 6.45) is 3.76. The van der Waals surface area contributed by atoms with Gasteiger partial charge in [0.1, 0.15) is 0 Å². The molecule has 0 aliphatic carbocycles. The molecule has 1 fully saturated rings. The van der Waals surface area contributed by atoms with Crippen LogP contribution >= 0.6 is 0 Å². The summed E-state index contributed by atoms with van der Waals surface area (Å²) >= 11 is 0. The number of likely N-dealkylation sites (N-methyl/N-ethyl adjacent to an activating group) is 1. The third kappa shape index (κ3) is 4.04. The molecule has 1 aliphatic heterocycles.